The van der Waals surface area contributed by atoms with E-state index in [0.29, 0.717) is 11.1 Å². The molecule has 0 aliphatic rings. The maximum absolute atomic E-state index is 7.67. The summed E-state index contributed by atoms with van der Waals surface area (Å²) < 4.78 is 23.3. The van der Waals surface area contributed by atoms with Crippen LogP contribution < -0.4 is 0 Å². The summed E-state index contributed by atoms with van der Waals surface area (Å²) in [5.74, 6) is 0. The molecule has 64 valence electrons. The minimum Gasteiger partial charge on any atom is -0.244 e. The van der Waals surface area contributed by atoms with Crippen molar-refractivity contribution in [3.05, 3.63) is 47.4 Å². The van der Waals surface area contributed by atoms with Gasteiger partial charge in [-0.15, -0.1) is 0 Å². The van der Waals surface area contributed by atoms with Gasteiger partial charge in [-0.25, -0.2) is 9.97 Å². The molecule has 1 heterocycles. The van der Waals surface area contributed by atoms with Gasteiger partial charge in [0.2, 0.25) is 0 Å². The minimum atomic E-state index is -0.300. The first-order chi connectivity index (χ1) is 7.59. The molecule has 0 aliphatic heterocycles. The summed E-state index contributed by atoms with van der Waals surface area (Å²) in [7, 11) is 0. The second-order valence-electron chi connectivity index (χ2n) is 2.40. The Morgan fingerprint density at radius 3 is 2.54 bits per heavy atom. The number of nitrogens with zero attached hydrogens (tertiary/aromatic N) is 2. The molecule has 0 fully saturated rings. The van der Waals surface area contributed by atoms with Gasteiger partial charge in [0.1, 0.15) is 7.67 Å². The van der Waals surface area contributed by atoms with Crippen molar-refractivity contribution in [2.24, 2.45) is 0 Å². The van der Waals surface area contributed by atoms with E-state index in [1.165, 1.54) is 0 Å². The van der Waals surface area contributed by atoms with E-state index in [-0.39, 0.29) is 18.6 Å². The molecule has 0 amide bonds. The van der Waals surface area contributed by atoms with Crippen molar-refractivity contribution in [1.82, 2.24) is 9.97 Å². The summed E-state index contributed by atoms with van der Waals surface area (Å²) in [6, 6.07) is 7.26. The zero-order valence-corrected chi connectivity index (χ0v) is 8.17. The van der Waals surface area contributed by atoms with E-state index >= 15 is 0 Å². The lowest BCUT2D eigenvalue weighted by Gasteiger charge is -2.01. The van der Waals surface area contributed by atoms with Gasteiger partial charge < -0.3 is 0 Å². The molecule has 0 aliphatic carbocycles. The molecule has 0 bridgehead atoms. The zero-order valence-electron chi connectivity index (χ0n) is 9.58. The molecule has 1 aromatic carbocycles. The fourth-order valence-corrected chi connectivity index (χ4v) is 1.48. The van der Waals surface area contributed by atoms with Crippen LogP contribution in [0.4, 0.5) is 0 Å². The van der Waals surface area contributed by atoms with E-state index in [9.17, 15) is 0 Å². The highest BCUT2D eigenvalue weighted by Crippen LogP contribution is 2.26. The van der Waals surface area contributed by atoms with E-state index in [1.54, 1.807) is 6.07 Å². The number of hydrogen-bond donors (Lipinski definition) is 0. The van der Waals surface area contributed by atoms with E-state index in [1.807, 2.05) is 18.2 Å². The van der Waals surface area contributed by atoms with Crippen LogP contribution in [0.2, 0.25) is 0 Å². The first-order valence-corrected chi connectivity index (χ1v) is 4.45. The van der Waals surface area contributed by atoms with E-state index in [2.05, 4.69) is 25.9 Å². The lowest BCUT2D eigenvalue weighted by molar-refractivity contribution is 1.17. The molecule has 0 saturated heterocycles. The van der Waals surface area contributed by atoms with E-state index in [0.717, 1.165) is 4.47 Å². The van der Waals surface area contributed by atoms with Crippen LogP contribution in [-0.2, 0) is 0 Å². The summed E-state index contributed by atoms with van der Waals surface area (Å²) >= 11 is 3.35. The van der Waals surface area contributed by atoms with Gasteiger partial charge in [0, 0.05) is 22.4 Å². The summed E-state index contributed by atoms with van der Waals surface area (Å²) in [6.45, 7) is 0. The average Bonchev–Trinajstić information content (AvgIpc) is 2.19. The van der Waals surface area contributed by atoms with Gasteiger partial charge in [-0.05, 0) is 11.6 Å². The number of rotatable bonds is 1. The predicted molar refractivity (Wildman–Crippen MR) is 55.2 cm³/mol. The fourth-order valence-electron chi connectivity index (χ4n) is 0.996. The number of benzene rings is 1. The maximum Gasteiger partial charge on any atom is 0.115 e. The first-order valence-electron chi connectivity index (χ1n) is 5.16. The third-order valence-electron chi connectivity index (χ3n) is 1.58. The standard InChI is InChI=1S/C10H7BrN2/c11-10-4-2-1-3-9(10)8-5-12-7-13-6-8/h1-7H/i5D,6D,7D. The van der Waals surface area contributed by atoms with Gasteiger partial charge in [0.05, 0.1) is 2.74 Å². The molecule has 0 radical (unpaired) electrons. The van der Waals surface area contributed by atoms with Gasteiger partial charge in [-0.1, -0.05) is 34.1 Å². The first kappa shape index (κ1) is 5.50. The topological polar surface area (TPSA) is 25.8 Å². The van der Waals surface area contributed by atoms with Crippen molar-refractivity contribution >= 4 is 15.9 Å². The molecule has 2 nitrogen and oxygen atoms in total. The molecule has 0 saturated carbocycles. The van der Waals surface area contributed by atoms with Gasteiger partial charge in [0.15, 0.2) is 0 Å². The summed E-state index contributed by atoms with van der Waals surface area (Å²) in [5, 5.41) is 0. The molecule has 2 aromatic rings. The Bertz CT molecular complexity index is 522. The van der Waals surface area contributed by atoms with E-state index in [4.69, 9.17) is 4.11 Å². The smallest absolute Gasteiger partial charge is 0.115 e. The van der Waals surface area contributed by atoms with Crippen molar-refractivity contribution in [3.8, 4) is 11.1 Å². The van der Waals surface area contributed by atoms with Crippen LogP contribution in [-0.4, -0.2) is 9.97 Å². The number of hydrogen-bond acceptors (Lipinski definition) is 2. The zero-order chi connectivity index (χ0) is 11.7. The largest absolute Gasteiger partial charge is 0.244 e. The second kappa shape index (κ2) is 3.66. The van der Waals surface area contributed by atoms with Gasteiger partial charge in [-0.3, -0.25) is 0 Å². The number of aromatic nitrogens is 2. The van der Waals surface area contributed by atoms with Crippen molar-refractivity contribution in [2.75, 3.05) is 0 Å². The van der Waals surface area contributed by atoms with Crippen molar-refractivity contribution in [1.29, 1.82) is 0 Å². The molecule has 3 heteroatoms. The molecule has 1 aromatic heterocycles. The van der Waals surface area contributed by atoms with Crippen LogP contribution in [0.25, 0.3) is 11.1 Å². The molecule has 2 rings (SSSR count). The molecular formula is C10H7BrN2. The van der Waals surface area contributed by atoms with Crippen LogP contribution in [0.3, 0.4) is 0 Å². The molecule has 0 atom stereocenters. The third-order valence-corrected chi connectivity index (χ3v) is 2.27. The van der Waals surface area contributed by atoms with Crippen LogP contribution in [0.5, 0.6) is 0 Å². The summed E-state index contributed by atoms with van der Waals surface area (Å²) in [4.78, 5) is 7.27. The van der Waals surface area contributed by atoms with Crippen molar-refractivity contribution in [3.63, 3.8) is 0 Å². The molecular weight excluding hydrogens is 228 g/mol. The lowest BCUT2D eigenvalue weighted by atomic mass is 10.1. The minimum absolute atomic E-state index is 0.100. The van der Waals surface area contributed by atoms with Crippen LogP contribution in [0.1, 0.15) is 4.11 Å². The van der Waals surface area contributed by atoms with Gasteiger partial charge in [0.25, 0.3) is 0 Å². The highest BCUT2D eigenvalue weighted by Gasteiger charge is 2.00. The SMILES string of the molecule is [2H]c1nc([2H])c(-c2ccccc2Br)c([2H])n1. The Kier molecular flexibility index (Phi) is 1.55. The van der Waals surface area contributed by atoms with Crippen LogP contribution >= 0.6 is 15.9 Å². The molecule has 0 unspecified atom stereocenters. The second-order valence-corrected chi connectivity index (χ2v) is 3.26. The Morgan fingerprint density at radius 2 is 1.85 bits per heavy atom. The molecule has 0 N–H and O–H groups in total. The predicted octanol–water partition coefficient (Wildman–Crippen LogP) is 2.91. The Balaban J connectivity index is 2.70. The summed E-state index contributed by atoms with van der Waals surface area (Å²) in [6.07, 6.45) is -0.500. The average molecular weight is 238 g/mol. The molecule has 0 spiro atoms. The Hall–Kier alpha value is -1.22. The summed E-state index contributed by atoms with van der Waals surface area (Å²) in [5.41, 5.74) is 1.03. The fraction of sp³-hybridized carbons (Fsp3) is 0. The lowest BCUT2D eigenvalue weighted by Crippen LogP contribution is -1.82. The van der Waals surface area contributed by atoms with Crippen molar-refractivity contribution < 1.29 is 4.11 Å². The maximum atomic E-state index is 7.67. The Morgan fingerprint density at radius 1 is 1.15 bits per heavy atom. The van der Waals surface area contributed by atoms with Gasteiger partial charge >= 0.3 is 0 Å². The highest BCUT2D eigenvalue weighted by molar-refractivity contribution is 9.10. The monoisotopic (exact) mass is 237 g/mol. The third kappa shape index (κ3) is 1.75. The Labute approximate surface area is 89.0 Å². The van der Waals surface area contributed by atoms with Gasteiger partial charge in [-0.2, -0.15) is 0 Å². The normalized spacial score (nSPS) is 13.2. The highest BCUT2D eigenvalue weighted by atomic mass is 79.9. The quantitative estimate of drug-likeness (QED) is 0.763. The number of halogens is 1. The van der Waals surface area contributed by atoms with Crippen LogP contribution in [0.15, 0.2) is 47.4 Å². The van der Waals surface area contributed by atoms with Crippen LogP contribution in [0, 0.1) is 0 Å². The molecule has 13 heavy (non-hydrogen) atoms. The van der Waals surface area contributed by atoms with Crippen molar-refractivity contribution in [2.45, 2.75) is 0 Å². The van der Waals surface area contributed by atoms with E-state index < -0.39 is 0 Å².